The van der Waals surface area contributed by atoms with Crippen LogP contribution in [0, 0.1) is 5.82 Å². The molecule has 28 heavy (non-hydrogen) atoms. The van der Waals surface area contributed by atoms with Crippen molar-refractivity contribution in [1.82, 2.24) is 14.9 Å². The molecule has 8 heteroatoms. The van der Waals surface area contributed by atoms with Crippen LogP contribution in [0.3, 0.4) is 0 Å². The SMILES string of the molecule is CC(Oc1ccc(Cl)cc1Cl)C(=O)NC(c1cccc(F)c1)c1nccn1C. The zero-order valence-corrected chi connectivity index (χ0v) is 16.7. The third kappa shape index (κ3) is 4.64. The van der Waals surface area contributed by atoms with E-state index in [9.17, 15) is 9.18 Å². The molecule has 1 N–H and O–H groups in total. The number of hydrogen-bond donors (Lipinski definition) is 1. The first-order chi connectivity index (χ1) is 13.3. The molecule has 0 spiro atoms. The van der Waals surface area contributed by atoms with Crippen LogP contribution in [0.4, 0.5) is 4.39 Å². The van der Waals surface area contributed by atoms with Crippen LogP contribution in [0.1, 0.15) is 24.4 Å². The summed E-state index contributed by atoms with van der Waals surface area (Å²) in [6.07, 6.45) is 2.51. The van der Waals surface area contributed by atoms with Crippen LogP contribution >= 0.6 is 23.2 Å². The summed E-state index contributed by atoms with van der Waals surface area (Å²) in [5.41, 5.74) is 0.569. The Hall–Kier alpha value is -2.57. The van der Waals surface area contributed by atoms with Gasteiger partial charge < -0.3 is 14.6 Å². The Morgan fingerprint density at radius 1 is 1.25 bits per heavy atom. The summed E-state index contributed by atoms with van der Waals surface area (Å²) in [7, 11) is 1.80. The van der Waals surface area contributed by atoms with E-state index in [1.54, 1.807) is 55.2 Å². The zero-order valence-electron chi connectivity index (χ0n) is 15.2. The van der Waals surface area contributed by atoms with Gasteiger partial charge in [0, 0.05) is 24.5 Å². The highest BCUT2D eigenvalue weighted by atomic mass is 35.5. The lowest BCUT2D eigenvalue weighted by Gasteiger charge is -2.22. The van der Waals surface area contributed by atoms with Crippen molar-refractivity contribution >= 4 is 29.1 Å². The molecular weight excluding hydrogens is 404 g/mol. The molecule has 3 rings (SSSR count). The van der Waals surface area contributed by atoms with Gasteiger partial charge in [-0.2, -0.15) is 0 Å². The maximum absolute atomic E-state index is 13.7. The summed E-state index contributed by atoms with van der Waals surface area (Å²) < 4.78 is 21.2. The second kappa shape index (κ2) is 8.63. The van der Waals surface area contributed by atoms with Gasteiger partial charge in [0.2, 0.25) is 0 Å². The van der Waals surface area contributed by atoms with Crippen LogP contribution in [-0.2, 0) is 11.8 Å². The van der Waals surface area contributed by atoms with Gasteiger partial charge in [-0.3, -0.25) is 4.79 Å². The van der Waals surface area contributed by atoms with Crippen molar-refractivity contribution in [3.05, 3.63) is 82.1 Å². The van der Waals surface area contributed by atoms with Crippen molar-refractivity contribution in [2.75, 3.05) is 0 Å². The number of ether oxygens (including phenoxy) is 1. The largest absolute Gasteiger partial charge is 0.479 e. The van der Waals surface area contributed by atoms with Gasteiger partial charge in [0.1, 0.15) is 23.4 Å². The van der Waals surface area contributed by atoms with Crippen LogP contribution in [0.15, 0.2) is 54.9 Å². The van der Waals surface area contributed by atoms with E-state index in [0.29, 0.717) is 27.2 Å². The number of hydrogen-bond acceptors (Lipinski definition) is 3. The predicted octanol–water partition coefficient (Wildman–Crippen LogP) is 4.54. The molecule has 0 saturated heterocycles. The lowest BCUT2D eigenvalue weighted by atomic mass is 10.1. The van der Waals surface area contributed by atoms with Crippen molar-refractivity contribution in [2.24, 2.45) is 7.05 Å². The summed E-state index contributed by atoms with van der Waals surface area (Å²) in [5, 5.41) is 3.64. The monoisotopic (exact) mass is 421 g/mol. The molecule has 2 aromatic carbocycles. The number of benzene rings is 2. The van der Waals surface area contributed by atoms with E-state index in [2.05, 4.69) is 10.3 Å². The molecule has 0 aliphatic rings. The first-order valence-electron chi connectivity index (χ1n) is 8.50. The summed E-state index contributed by atoms with van der Waals surface area (Å²) in [4.78, 5) is 17.1. The van der Waals surface area contributed by atoms with Gasteiger partial charge in [0.25, 0.3) is 5.91 Å². The Balaban J connectivity index is 1.82. The molecule has 0 bridgehead atoms. The Morgan fingerprint density at radius 2 is 2.04 bits per heavy atom. The van der Waals surface area contributed by atoms with Crippen molar-refractivity contribution in [3.63, 3.8) is 0 Å². The van der Waals surface area contributed by atoms with Gasteiger partial charge in [-0.1, -0.05) is 35.3 Å². The van der Waals surface area contributed by atoms with Crippen LogP contribution in [0.2, 0.25) is 10.0 Å². The van der Waals surface area contributed by atoms with Gasteiger partial charge in [-0.05, 0) is 42.8 Å². The first kappa shape index (κ1) is 20.2. The molecule has 2 atom stereocenters. The van der Waals surface area contributed by atoms with E-state index >= 15 is 0 Å². The number of aromatic nitrogens is 2. The third-order valence-electron chi connectivity index (χ3n) is 4.15. The molecule has 2 unspecified atom stereocenters. The van der Waals surface area contributed by atoms with E-state index in [4.69, 9.17) is 27.9 Å². The summed E-state index contributed by atoms with van der Waals surface area (Å²) in [5.74, 6) is 0.107. The van der Waals surface area contributed by atoms with Gasteiger partial charge in [-0.15, -0.1) is 0 Å². The number of carbonyl (C=O) groups excluding carboxylic acids is 1. The van der Waals surface area contributed by atoms with Crippen LogP contribution in [-0.4, -0.2) is 21.6 Å². The molecule has 0 aliphatic heterocycles. The zero-order chi connectivity index (χ0) is 20.3. The number of carbonyl (C=O) groups is 1. The maximum Gasteiger partial charge on any atom is 0.261 e. The number of imidazole rings is 1. The van der Waals surface area contributed by atoms with Crippen molar-refractivity contribution in [2.45, 2.75) is 19.1 Å². The van der Waals surface area contributed by atoms with Crippen molar-refractivity contribution in [3.8, 4) is 5.75 Å². The molecule has 1 heterocycles. The molecule has 0 saturated carbocycles. The minimum atomic E-state index is -0.852. The summed E-state index contributed by atoms with van der Waals surface area (Å²) in [6, 6.07) is 10.1. The van der Waals surface area contributed by atoms with E-state index in [-0.39, 0.29) is 0 Å². The molecule has 146 valence electrons. The third-order valence-corrected chi connectivity index (χ3v) is 4.68. The normalized spacial score (nSPS) is 13.0. The number of rotatable bonds is 6. The minimum absolute atomic E-state index is 0.304. The number of amides is 1. The average molecular weight is 422 g/mol. The fourth-order valence-electron chi connectivity index (χ4n) is 2.71. The van der Waals surface area contributed by atoms with E-state index < -0.39 is 23.9 Å². The fourth-order valence-corrected chi connectivity index (χ4v) is 3.17. The number of nitrogens with one attached hydrogen (secondary N) is 1. The Morgan fingerprint density at radius 3 is 2.68 bits per heavy atom. The highest BCUT2D eigenvalue weighted by molar-refractivity contribution is 6.35. The second-order valence-corrected chi connectivity index (χ2v) is 7.07. The lowest BCUT2D eigenvalue weighted by Crippen LogP contribution is -2.39. The quantitative estimate of drug-likeness (QED) is 0.635. The topological polar surface area (TPSA) is 56.1 Å². The van der Waals surface area contributed by atoms with Crippen LogP contribution in [0.25, 0.3) is 0 Å². The summed E-state index contributed by atoms with van der Waals surface area (Å²) >= 11 is 12.0. The Bertz CT molecular complexity index is 993. The van der Waals surface area contributed by atoms with Gasteiger partial charge >= 0.3 is 0 Å². The lowest BCUT2D eigenvalue weighted by molar-refractivity contribution is -0.127. The average Bonchev–Trinajstić information content (AvgIpc) is 3.07. The smallest absolute Gasteiger partial charge is 0.261 e. The van der Waals surface area contributed by atoms with Crippen molar-refractivity contribution < 1.29 is 13.9 Å². The highest BCUT2D eigenvalue weighted by Gasteiger charge is 2.25. The fraction of sp³-hybridized carbons (Fsp3) is 0.200. The molecule has 3 aromatic rings. The number of aryl methyl sites for hydroxylation is 1. The van der Waals surface area contributed by atoms with E-state index in [1.807, 2.05) is 0 Å². The predicted molar refractivity (Wildman–Crippen MR) is 106 cm³/mol. The van der Waals surface area contributed by atoms with Crippen LogP contribution < -0.4 is 10.1 Å². The van der Waals surface area contributed by atoms with Gasteiger partial charge in [0.15, 0.2) is 6.10 Å². The Kier molecular flexibility index (Phi) is 6.21. The van der Waals surface area contributed by atoms with Gasteiger partial charge in [0.05, 0.1) is 5.02 Å². The van der Waals surface area contributed by atoms with Crippen LogP contribution in [0.5, 0.6) is 5.75 Å². The number of halogens is 3. The minimum Gasteiger partial charge on any atom is -0.479 e. The maximum atomic E-state index is 13.7. The van der Waals surface area contributed by atoms with E-state index in [1.165, 1.54) is 18.2 Å². The molecule has 0 radical (unpaired) electrons. The molecular formula is C20H18Cl2FN3O2. The van der Waals surface area contributed by atoms with E-state index in [0.717, 1.165) is 0 Å². The molecule has 0 fully saturated rings. The van der Waals surface area contributed by atoms with Crippen molar-refractivity contribution in [1.29, 1.82) is 0 Å². The highest BCUT2D eigenvalue weighted by Crippen LogP contribution is 2.28. The number of nitrogens with zero attached hydrogens (tertiary/aromatic N) is 2. The van der Waals surface area contributed by atoms with Gasteiger partial charge in [-0.25, -0.2) is 9.37 Å². The molecule has 1 aromatic heterocycles. The molecule has 0 aliphatic carbocycles. The second-order valence-electron chi connectivity index (χ2n) is 6.23. The Labute approximate surface area is 172 Å². The molecule has 1 amide bonds. The first-order valence-corrected chi connectivity index (χ1v) is 9.25. The standard InChI is InChI=1S/C20H18Cl2FN3O2/c1-12(28-17-7-6-14(21)11-16(17)22)20(27)25-18(19-24-8-9-26(19)2)13-4-3-5-15(23)10-13/h3-12,18H,1-2H3,(H,25,27). The summed E-state index contributed by atoms with van der Waals surface area (Å²) in [6.45, 7) is 1.60. The molecule has 5 nitrogen and oxygen atoms in total.